The Labute approximate surface area is 209 Å². The molecule has 1 amide bonds. The summed E-state index contributed by atoms with van der Waals surface area (Å²) in [4.78, 5) is 27.6. The number of piperidine rings is 1. The number of carbonyl (C=O) groups is 2. The minimum Gasteiger partial charge on any atom is -0.348 e. The number of hydrogen-bond acceptors (Lipinski definition) is 3. The zero-order valence-electron chi connectivity index (χ0n) is 20.1. The summed E-state index contributed by atoms with van der Waals surface area (Å²) in [5.74, 6) is -0.152. The van der Waals surface area contributed by atoms with E-state index in [9.17, 15) is 22.8 Å². The van der Waals surface area contributed by atoms with Gasteiger partial charge >= 0.3 is 6.18 Å². The van der Waals surface area contributed by atoms with Crippen LogP contribution in [0.4, 0.5) is 13.2 Å². The average Bonchev–Trinajstić information content (AvgIpc) is 2.88. The van der Waals surface area contributed by atoms with Crippen molar-refractivity contribution < 1.29 is 22.8 Å². The van der Waals surface area contributed by atoms with Gasteiger partial charge in [0.05, 0.1) is 11.0 Å². The Morgan fingerprint density at radius 1 is 0.889 bits per heavy atom. The van der Waals surface area contributed by atoms with Gasteiger partial charge in [-0.15, -0.1) is 0 Å². The van der Waals surface area contributed by atoms with E-state index in [4.69, 9.17) is 0 Å². The van der Waals surface area contributed by atoms with Gasteiger partial charge in [0.15, 0.2) is 0 Å². The van der Waals surface area contributed by atoms with Gasteiger partial charge in [0.25, 0.3) is 5.91 Å². The van der Waals surface area contributed by atoms with Crippen molar-refractivity contribution in [1.82, 2.24) is 10.2 Å². The number of hydrogen-bond donors (Lipinski definition) is 1. The van der Waals surface area contributed by atoms with E-state index in [1.54, 1.807) is 19.1 Å². The number of likely N-dealkylation sites (tertiary alicyclic amines) is 1. The van der Waals surface area contributed by atoms with E-state index in [0.29, 0.717) is 17.7 Å². The normalized spacial score (nSPS) is 15.9. The molecule has 0 bridgehead atoms. The van der Waals surface area contributed by atoms with Crippen molar-refractivity contribution in [2.45, 2.75) is 44.4 Å². The second kappa shape index (κ2) is 10.7. The molecule has 1 aliphatic rings. The van der Waals surface area contributed by atoms with Crippen LogP contribution in [0.2, 0.25) is 0 Å². The van der Waals surface area contributed by atoms with E-state index in [2.05, 4.69) is 10.2 Å². The van der Waals surface area contributed by atoms with Crippen molar-refractivity contribution in [2.75, 3.05) is 13.1 Å². The number of nitrogens with zero attached hydrogens (tertiary/aromatic N) is 1. The summed E-state index contributed by atoms with van der Waals surface area (Å²) in [6.45, 7) is 3.86. The zero-order chi connectivity index (χ0) is 25.8. The fourth-order valence-electron chi connectivity index (χ4n) is 4.91. The third kappa shape index (κ3) is 5.85. The molecule has 0 spiro atoms. The number of alkyl halides is 3. The first kappa shape index (κ1) is 25.6. The molecule has 7 heteroatoms. The van der Waals surface area contributed by atoms with Gasteiger partial charge in [0.1, 0.15) is 5.78 Å². The SMILES string of the molecule is CC(=O)C1(c2ccccc2)CCN(Cc2cccc(C(=O)NCc3cccc(C(F)(F)F)c3)c2)CC1. The molecule has 1 N–H and O–H groups in total. The van der Waals surface area contributed by atoms with Crippen LogP contribution in [0, 0.1) is 0 Å². The van der Waals surface area contributed by atoms with Gasteiger partial charge in [-0.1, -0.05) is 54.6 Å². The van der Waals surface area contributed by atoms with E-state index in [-0.39, 0.29) is 18.2 Å². The van der Waals surface area contributed by atoms with Crippen molar-refractivity contribution >= 4 is 11.7 Å². The minimum atomic E-state index is -4.42. The number of Topliss-reactive ketones (excluding diaryl/α,β-unsaturated/α-hetero) is 1. The van der Waals surface area contributed by atoms with Gasteiger partial charge in [-0.25, -0.2) is 0 Å². The van der Waals surface area contributed by atoms with Gasteiger partial charge in [0.2, 0.25) is 0 Å². The molecule has 0 aliphatic carbocycles. The lowest BCUT2D eigenvalue weighted by Crippen LogP contribution is -2.46. The Hall–Kier alpha value is -3.45. The summed E-state index contributed by atoms with van der Waals surface area (Å²) in [7, 11) is 0. The Bertz CT molecular complexity index is 1220. The first-order valence-corrected chi connectivity index (χ1v) is 12.0. The molecule has 0 atom stereocenters. The van der Waals surface area contributed by atoms with Crippen molar-refractivity contribution in [3.8, 4) is 0 Å². The molecule has 36 heavy (non-hydrogen) atoms. The lowest BCUT2D eigenvalue weighted by molar-refractivity contribution is -0.137. The lowest BCUT2D eigenvalue weighted by atomic mass is 9.70. The van der Waals surface area contributed by atoms with Gasteiger partial charge in [-0.2, -0.15) is 13.2 Å². The summed E-state index contributed by atoms with van der Waals surface area (Å²) in [5, 5.41) is 2.71. The molecule has 1 aliphatic heterocycles. The molecule has 3 aromatic carbocycles. The Kier molecular flexibility index (Phi) is 7.59. The number of benzene rings is 3. The van der Waals surface area contributed by atoms with Crippen molar-refractivity contribution in [3.05, 3.63) is 107 Å². The third-order valence-corrected chi connectivity index (χ3v) is 7.01. The molecule has 1 saturated heterocycles. The summed E-state index contributed by atoms with van der Waals surface area (Å²) < 4.78 is 38.8. The number of ketones is 1. The van der Waals surface area contributed by atoms with E-state index in [0.717, 1.165) is 49.2 Å². The maximum absolute atomic E-state index is 12.9. The third-order valence-electron chi connectivity index (χ3n) is 7.01. The Balaban J connectivity index is 1.36. The minimum absolute atomic E-state index is 0.00568. The quantitative estimate of drug-likeness (QED) is 0.455. The maximum Gasteiger partial charge on any atom is 0.416 e. The van der Waals surface area contributed by atoms with Crippen LogP contribution in [0.5, 0.6) is 0 Å². The fraction of sp³-hybridized carbons (Fsp3) is 0.310. The van der Waals surface area contributed by atoms with Crippen LogP contribution < -0.4 is 5.32 Å². The molecule has 4 rings (SSSR count). The number of rotatable bonds is 7. The Morgan fingerprint density at radius 2 is 1.56 bits per heavy atom. The van der Waals surface area contributed by atoms with Crippen LogP contribution in [0.15, 0.2) is 78.9 Å². The summed E-state index contributed by atoms with van der Waals surface area (Å²) in [6.07, 6.45) is -2.94. The molecule has 188 valence electrons. The van der Waals surface area contributed by atoms with Crippen LogP contribution in [-0.2, 0) is 29.5 Å². The maximum atomic E-state index is 12.9. The molecule has 4 nitrogen and oxygen atoms in total. The lowest BCUT2D eigenvalue weighted by Gasteiger charge is -2.40. The summed E-state index contributed by atoms with van der Waals surface area (Å²) in [6, 6.07) is 22.1. The first-order valence-electron chi connectivity index (χ1n) is 12.0. The molecule has 0 aromatic heterocycles. The topological polar surface area (TPSA) is 49.4 Å². The molecular weight excluding hydrogens is 465 g/mol. The number of nitrogens with one attached hydrogen (secondary N) is 1. The molecule has 1 fully saturated rings. The second-order valence-electron chi connectivity index (χ2n) is 9.36. The average molecular weight is 495 g/mol. The number of amides is 1. The van der Waals surface area contributed by atoms with Crippen LogP contribution >= 0.6 is 0 Å². The predicted molar refractivity (Wildman–Crippen MR) is 132 cm³/mol. The van der Waals surface area contributed by atoms with Gasteiger partial charge in [0, 0.05) is 18.7 Å². The highest BCUT2D eigenvalue weighted by molar-refractivity contribution is 5.94. The number of carbonyl (C=O) groups excluding carboxylic acids is 2. The van der Waals surface area contributed by atoms with Crippen molar-refractivity contribution in [3.63, 3.8) is 0 Å². The van der Waals surface area contributed by atoms with Crippen LogP contribution in [0.25, 0.3) is 0 Å². The highest BCUT2D eigenvalue weighted by Gasteiger charge is 2.40. The molecule has 0 unspecified atom stereocenters. The van der Waals surface area contributed by atoms with Crippen LogP contribution in [0.1, 0.15) is 52.4 Å². The first-order chi connectivity index (χ1) is 17.2. The predicted octanol–water partition coefficient (Wildman–Crippen LogP) is 5.76. The summed E-state index contributed by atoms with van der Waals surface area (Å²) >= 11 is 0. The second-order valence-corrected chi connectivity index (χ2v) is 9.36. The number of halogens is 3. The monoisotopic (exact) mass is 494 g/mol. The molecule has 0 saturated carbocycles. The van der Waals surface area contributed by atoms with Gasteiger partial charge in [-0.3, -0.25) is 14.5 Å². The van der Waals surface area contributed by atoms with Gasteiger partial charge in [-0.05, 0) is 73.8 Å². The Morgan fingerprint density at radius 3 is 2.22 bits per heavy atom. The van der Waals surface area contributed by atoms with E-state index < -0.39 is 17.2 Å². The molecule has 3 aromatic rings. The molecule has 1 heterocycles. The van der Waals surface area contributed by atoms with Crippen molar-refractivity contribution in [2.24, 2.45) is 0 Å². The van der Waals surface area contributed by atoms with E-state index in [1.807, 2.05) is 48.5 Å². The highest BCUT2D eigenvalue weighted by Crippen LogP contribution is 2.37. The molecular formula is C29H29F3N2O2. The smallest absolute Gasteiger partial charge is 0.348 e. The zero-order valence-corrected chi connectivity index (χ0v) is 20.1. The molecule has 0 radical (unpaired) electrons. The van der Waals surface area contributed by atoms with Crippen molar-refractivity contribution in [1.29, 1.82) is 0 Å². The standard InChI is InChI=1S/C29H29F3N2O2/c1-21(35)28(25-10-3-2-4-11-25)13-15-34(16-14-28)20-23-8-5-9-24(17-23)27(36)33-19-22-7-6-12-26(18-22)29(30,31)32/h2-12,17-18H,13-16,19-20H2,1H3,(H,33,36). The van der Waals surface area contributed by atoms with Crippen LogP contribution in [0.3, 0.4) is 0 Å². The van der Waals surface area contributed by atoms with E-state index >= 15 is 0 Å². The highest BCUT2D eigenvalue weighted by atomic mass is 19.4. The van der Waals surface area contributed by atoms with E-state index in [1.165, 1.54) is 6.07 Å². The van der Waals surface area contributed by atoms with Crippen LogP contribution in [-0.4, -0.2) is 29.7 Å². The summed E-state index contributed by atoms with van der Waals surface area (Å²) in [5.41, 5.74) is 1.68. The fourth-order valence-corrected chi connectivity index (χ4v) is 4.91. The largest absolute Gasteiger partial charge is 0.416 e. The van der Waals surface area contributed by atoms with Gasteiger partial charge < -0.3 is 5.32 Å².